The first kappa shape index (κ1) is 62.6. The van der Waals surface area contributed by atoms with Crippen molar-refractivity contribution in [3.8, 4) is 0 Å². The van der Waals surface area contributed by atoms with Crippen molar-refractivity contribution in [3.63, 3.8) is 0 Å². The van der Waals surface area contributed by atoms with Crippen LogP contribution in [0, 0.1) is 17.3 Å². The minimum atomic E-state index is -1.19. The molecule has 0 radical (unpaired) electrons. The second-order valence-electron chi connectivity index (χ2n) is 13.0. The highest BCUT2D eigenvalue weighted by molar-refractivity contribution is 6.19. The molecule has 0 saturated carbocycles. The maximum absolute atomic E-state index is 11.2. The third kappa shape index (κ3) is 25.6. The van der Waals surface area contributed by atoms with Crippen LogP contribution in [-0.4, -0.2) is 72.1 Å². The fraction of sp³-hybridized carbons (Fsp3) is 0.767. The Morgan fingerprint density at radius 2 is 0.889 bits per heavy atom. The van der Waals surface area contributed by atoms with Gasteiger partial charge in [0.25, 0.3) is 0 Å². The number of carbonyl (C=O) groups excluding carboxylic acids is 8. The summed E-state index contributed by atoms with van der Waals surface area (Å²) in [6.07, 6.45) is 6.42. The van der Waals surface area contributed by atoms with Crippen LogP contribution >= 0.6 is 0 Å². The number of hydrogen-bond acceptors (Lipinski definition) is 11. The Morgan fingerprint density at radius 1 is 0.537 bits per heavy atom. The van der Waals surface area contributed by atoms with Crippen LogP contribution in [0.2, 0.25) is 0 Å². The molecule has 0 aromatic rings. The molecule has 11 heteroatoms. The zero-order valence-corrected chi connectivity index (χ0v) is 35.4. The monoisotopic (exact) mass is 773 g/mol. The predicted molar refractivity (Wildman–Crippen MR) is 218 cm³/mol. The van der Waals surface area contributed by atoms with Crippen LogP contribution in [0.4, 0.5) is 0 Å². The summed E-state index contributed by atoms with van der Waals surface area (Å²) in [5.74, 6) is -1.06. The van der Waals surface area contributed by atoms with Gasteiger partial charge in [-0.15, -0.1) is 0 Å². The van der Waals surface area contributed by atoms with Crippen molar-refractivity contribution in [2.45, 2.75) is 183 Å². The highest BCUT2D eigenvalue weighted by Gasteiger charge is 2.39. The molecule has 0 aromatic carbocycles. The average molecular weight is 773 g/mol. The molecule has 11 nitrogen and oxygen atoms in total. The molecule has 0 aliphatic heterocycles. The molecule has 318 valence electrons. The fourth-order valence-corrected chi connectivity index (χ4v) is 5.43. The molecule has 0 fully saturated rings. The summed E-state index contributed by atoms with van der Waals surface area (Å²) < 4.78 is 15.2. The van der Waals surface area contributed by atoms with E-state index in [9.17, 15) is 38.4 Å². The lowest BCUT2D eigenvalue weighted by Gasteiger charge is -2.29. The van der Waals surface area contributed by atoms with Gasteiger partial charge in [-0.3, -0.25) is 38.4 Å². The van der Waals surface area contributed by atoms with Gasteiger partial charge in [-0.2, -0.15) is 0 Å². The predicted octanol–water partition coefficient (Wildman–Crippen LogP) is 9.43. The van der Waals surface area contributed by atoms with Gasteiger partial charge in [0.15, 0.2) is 28.7 Å². The van der Waals surface area contributed by atoms with E-state index in [0.717, 1.165) is 50.5 Å². The van der Waals surface area contributed by atoms with Gasteiger partial charge in [-0.05, 0) is 92.9 Å². The van der Waals surface area contributed by atoms with E-state index in [0.29, 0.717) is 37.7 Å². The first-order valence-electron chi connectivity index (χ1n) is 18.7. The molecule has 0 aromatic heterocycles. The Labute approximate surface area is 329 Å². The molecule has 54 heavy (non-hydrogen) atoms. The van der Waals surface area contributed by atoms with Crippen LogP contribution in [0.1, 0.15) is 177 Å². The Hall–Kier alpha value is -3.34. The number of allylic oxidation sites excluding steroid dienone is 2. The smallest absolute Gasteiger partial charge is 0.302 e. The molecular formula is C43H80O11. The Bertz CT molecular complexity index is 1100. The van der Waals surface area contributed by atoms with Crippen molar-refractivity contribution >= 4 is 46.6 Å². The van der Waals surface area contributed by atoms with Gasteiger partial charge in [0.1, 0.15) is 24.8 Å². The molecule has 0 rings (SSSR count). The maximum Gasteiger partial charge on any atom is 0.302 e. The van der Waals surface area contributed by atoms with Gasteiger partial charge < -0.3 is 14.2 Å². The third-order valence-corrected chi connectivity index (χ3v) is 9.31. The van der Waals surface area contributed by atoms with Gasteiger partial charge in [-0.25, -0.2) is 0 Å². The molecule has 0 bridgehead atoms. The Balaban J connectivity index is -0.000000141. The molecule has 0 heterocycles. The number of carbonyl (C=O) groups is 8. The Morgan fingerprint density at radius 3 is 1.04 bits per heavy atom. The van der Waals surface area contributed by atoms with Crippen molar-refractivity contribution in [1.82, 2.24) is 0 Å². The van der Waals surface area contributed by atoms with Gasteiger partial charge in [0, 0.05) is 25.9 Å². The third-order valence-electron chi connectivity index (χ3n) is 9.31. The number of hydrogen-bond donors (Lipinski definition) is 0. The zero-order chi connectivity index (χ0) is 41.8. The minimum Gasteiger partial charge on any atom is -0.465 e. The van der Waals surface area contributed by atoms with E-state index in [-0.39, 0.29) is 72.8 Å². The number of ether oxygens (including phenoxy) is 3. The zero-order valence-electron chi connectivity index (χ0n) is 35.4. The summed E-state index contributed by atoms with van der Waals surface area (Å²) in [4.78, 5) is 88.2. The van der Waals surface area contributed by atoms with Gasteiger partial charge in [0.05, 0.1) is 11.5 Å². The van der Waals surface area contributed by atoms with Crippen LogP contribution in [0.5, 0.6) is 0 Å². The van der Waals surface area contributed by atoms with Crippen LogP contribution in [-0.2, 0) is 52.6 Å². The summed E-state index contributed by atoms with van der Waals surface area (Å²) in [7, 11) is 0. The Kier molecular flexibility index (Phi) is 39.6. The van der Waals surface area contributed by atoms with Gasteiger partial charge >= 0.3 is 11.9 Å². The maximum atomic E-state index is 11.2. The van der Waals surface area contributed by atoms with E-state index in [1.165, 1.54) is 55.4 Å². The van der Waals surface area contributed by atoms with Crippen molar-refractivity contribution in [2.75, 3.05) is 19.8 Å². The van der Waals surface area contributed by atoms with Crippen LogP contribution in [0.25, 0.3) is 0 Å². The lowest BCUT2D eigenvalue weighted by atomic mass is 9.84. The first-order chi connectivity index (χ1) is 24.0. The second-order valence-corrected chi connectivity index (χ2v) is 13.0. The summed E-state index contributed by atoms with van der Waals surface area (Å²) in [6, 6.07) is 0. The SMILES string of the molecule is C.C.CCC(CC)(COC(C)=O)COC(C)=O.CCC(CC)=C(C(C)=O)C(C)=O.CCC(CC)CC(C(C)=O)C(C)=O.CCOC(CC)(C(C)=O)C(C)=O. The largest absolute Gasteiger partial charge is 0.465 e. The first-order valence-corrected chi connectivity index (χ1v) is 18.7. The number of esters is 2. The molecule has 0 N–H and O–H groups in total. The van der Waals surface area contributed by atoms with E-state index in [1.54, 1.807) is 13.8 Å². The van der Waals surface area contributed by atoms with Crippen molar-refractivity contribution in [2.24, 2.45) is 17.3 Å². The van der Waals surface area contributed by atoms with Crippen LogP contribution in [0.3, 0.4) is 0 Å². The number of Topliss-reactive ketones (excluding diaryl/α,β-unsaturated/α-hetero) is 6. The standard InChI is InChI=1S/C11H20O4.C11H20O2.C10H16O2.C9H16O3.2CH4/c1-5-11(6-2,7-14-9(3)12)8-15-10(4)13;1-5-10(6-2)7-11(8(3)12)9(4)13;1-5-9(6-2)10(7(3)11)8(4)12;1-5-9(7(3)10,8(4)11)12-6-2;;/h5-8H2,1-4H3;10-11H,5-7H2,1-4H3;2*5-6H2,1-4H3;2*1H4. The highest BCUT2D eigenvalue weighted by atomic mass is 16.5. The topological polar surface area (TPSA) is 164 Å². The molecule has 0 saturated heterocycles. The molecule has 0 aliphatic carbocycles. The van der Waals surface area contributed by atoms with E-state index >= 15 is 0 Å². The normalized spacial score (nSPS) is 10.3. The van der Waals surface area contributed by atoms with Crippen molar-refractivity contribution < 1.29 is 52.6 Å². The van der Waals surface area contributed by atoms with E-state index < -0.39 is 5.60 Å². The highest BCUT2D eigenvalue weighted by Crippen LogP contribution is 2.27. The molecule has 0 spiro atoms. The van der Waals surface area contributed by atoms with Gasteiger partial charge in [0.2, 0.25) is 0 Å². The summed E-state index contributed by atoms with van der Waals surface area (Å²) >= 11 is 0. The summed E-state index contributed by atoms with van der Waals surface area (Å²) in [5.41, 5.74) is -0.0541. The number of rotatable bonds is 21. The van der Waals surface area contributed by atoms with Crippen LogP contribution < -0.4 is 0 Å². The van der Waals surface area contributed by atoms with Crippen molar-refractivity contribution in [3.05, 3.63) is 11.1 Å². The van der Waals surface area contributed by atoms with Gasteiger partial charge in [-0.1, -0.05) is 81.7 Å². The van der Waals surface area contributed by atoms with E-state index in [4.69, 9.17) is 14.2 Å². The lowest BCUT2D eigenvalue weighted by Crippen LogP contribution is -2.46. The minimum absolute atomic E-state index is 0. The quantitative estimate of drug-likeness (QED) is 0.0472. The molecule has 0 aliphatic rings. The number of ketones is 6. The molecule has 0 unspecified atom stereocenters. The van der Waals surface area contributed by atoms with Crippen LogP contribution in [0.15, 0.2) is 11.1 Å². The summed E-state index contributed by atoms with van der Waals surface area (Å²) in [6.45, 7) is 28.1. The molecule has 0 atom stereocenters. The molecule has 0 amide bonds. The fourth-order valence-electron chi connectivity index (χ4n) is 5.43. The summed E-state index contributed by atoms with van der Waals surface area (Å²) in [5, 5.41) is 0. The second kappa shape index (κ2) is 34.2. The van der Waals surface area contributed by atoms with Crippen molar-refractivity contribution in [1.29, 1.82) is 0 Å². The lowest BCUT2D eigenvalue weighted by molar-refractivity contribution is -0.156. The average Bonchev–Trinajstić information content (AvgIpc) is 3.06. The molecular weight excluding hydrogens is 692 g/mol. The van der Waals surface area contributed by atoms with E-state index in [1.807, 2.05) is 27.7 Å². The van der Waals surface area contributed by atoms with E-state index in [2.05, 4.69) is 13.8 Å².